The zero-order chi connectivity index (χ0) is 21.3. The van der Waals surface area contributed by atoms with E-state index in [0.29, 0.717) is 18.5 Å². The fourth-order valence-electron chi connectivity index (χ4n) is 3.70. The second-order valence-corrected chi connectivity index (χ2v) is 7.69. The number of carbonyl (C=O) groups excluding carboxylic acids is 2. The summed E-state index contributed by atoms with van der Waals surface area (Å²) in [6.45, 7) is 3.09. The number of amides is 3. The largest absolute Gasteiger partial charge is 0.340 e. The molecule has 1 saturated heterocycles. The Labute approximate surface area is 177 Å². The minimum atomic E-state index is -0.290. The van der Waals surface area contributed by atoms with Crippen molar-refractivity contribution >= 4 is 11.9 Å². The molecule has 3 rings (SSSR count). The van der Waals surface area contributed by atoms with Gasteiger partial charge in [-0.25, -0.2) is 4.79 Å². The van der Waals surface area contributed by atoms with Crippen LogP contribution in [0.25, 0.3) is 0 Å². The van der Waals surface area contributed by atoms with Crippen LogP contribution in [0.4, 0.5) is 4.79 Å². The van der Waals surface area contributed by atoms with Gasteiger partial charge < -0.3 is 15.5 Å². The summed E-state index contributed by atoms with van der Waals surface area (Å²) in [5.41, 5.74) is 2.47. The topological polar surface area (TPSA) is 85.2 Å². The highest BCUT2D eigenvalue weighted by Crippen LogP contribution is 2.19. The first kappa shape index (κ1) is 21.4. The van der Waals surface area contributed by atoms with Gasteiger partial charge in [0.15, 0.2) is 0 Å². The van der Waals surface area contributed by atoms with Gasteiger partial charge in [0.2, 0.25) is 5.91 Å². The number of urea groups is 1. The Kier molecular flexibility index (Phi) is 7.45. The maximum Gasteiger partial charge on any atom is 0.315 e. The quantitative estimate of drug-likeness (QED) is 0.761. The van der Waals surface area contributed by atoms with Crippen LogP contribution >= 0.6 is 0 Å². The maximum absolute atomic E-state index is 12.7. The van der Waals surface area contributed by atoms with Crippen molar-refractivity contribution in [3.05, 3.63) is 71.3 Å². The molecule has 2 N–H and O–H groups in total. The normalized spacial score (nSPS) is 16.1. The number of carbonyl (C=O) groups is 2. The third-order valence-corrected chi connectivity index (χ3v) is 5.47. The SMILES string of the molecule is CC(NC(=O)NC(CN1CCCCCC1=O)c1ccccc1)c1ccc(C#N)cc1. The molecule has 1 aliphatic rings. The number of nitriles is 1. The Bertz CT molecular complexity index is 890. The lowest BCUT2D eigenvalue weighted by Crippen LogP contribution is -2.44. The van der Waals surface area contributed by atoms with E-state index in [1.54, 1.807) is 12.1 Å². The lowest BCUT2D eigenvalue weighted by molar-refractivity contribution is -0.131. The van der Waals surface area contributed by atoms with Crippen LogP contribution in [0.2, 0.25) is 0 Å². The third kappa shape index (κ3) is 5.84. The van der Waals surface area contributed by atoms with E-state index in [0.717, 1.165) is 36.9 Å². The summed E-state index contributed by atoms with van der Waals surface area (Å²) >= 11 is 0. The Morgan fingerprint density at radius 3 is 2.47 bits per heavy atom. The number of nitrogens with zero attached hydrogens (tertiary/aromatic N) is 2. The fourth-order valence-corrected chi connectivity index (χ4v) is 3.70. The lowest BCUT2D eigenvalue weighted by Gasteiger charge is -2.28. The molecule has 156 valence electrons. The van der Waals surface area contributed by atoms with Gasteiger partial charge in [-0.3, -0.25) is 4.79 Å². The summed E-state index contributed by atoms with van der Waals surface area (Å²) in [7, 11) is 0. The van der Waals surface area contributed by atoms with Crippen LogP contribution in [0, 0.1) is 11.3 Å². The highest BCUT2D eigenvalue weighted by Gasteiger charge is 2.23. The highest BCUT2D eigenvalue weighted by atomic mass is 16.2. The van der Waals surface area contributed by atoms with E-state index in [4.69, 9.17) is 5.26 Å². The average molecular weight is 405 g/mol. The van der Waals surface area contributed by atoms with Gasteiger partial charge in [-0.1, -0.05) is 48.9 Å². The molecule has 3 amide bonds. The average Bonchev–Trinajstić information content (AvgIpc) is 2.98. The van der Waals surface area contributed by atoms with Crippen molar-refractivity contribution in [2.75, 3.05) is 13.1 Å². The first-order valence-electron chi connectivity index (χ1n) is 10.5. The predicted octanol–water partition coefficient (Wildman–Crippen LogP) is 4.06. The molecule has 1 aliphatic heterocycles. The summed E-state index contributed by atoms with van der Waals surface area (Å²) in [6, 6.07) is 18.2. The molecule has 2 aromatic carbocycles. The number of benzene rings is 2. The molecule has 0 bridgehead atoms. The van der Waals surface area contributed by atoms with Gasteiger partial charge in [0, 0.05) is 19.5 Å². The minimum absolute atomic E-state index is 0.154. The first-order chi connectivity index (χ1) is 14.6. The van der Waals surface area contributed by atoms with Crippen LogP contribution in [-0.2, 0) is 4.79 Å². The molecule has 2 atom stereocenters. The van der Waals surface area contributed by atoms with Crippen molar-refractivity contribution in [3.63, 3.8) is 0 Å². The van der Waals surface area contributed by atoms with Crippen molar-refractivity contribution in [2.24, 2.45) is 0 Å². The zero-order valence-corrected chi connectivity index (χ0v) is 17.3. The van der Waals surface area contributed by atoms with Gasteiger partial charge in [0.05, 0.1) is 23.7 Å². The van der Waals surface area contributed by atoms with Crippen LogP contribution < -0.4 is 10.6 Å². The Balaban J connectivity index is 1.68. The number of rotatable bonds is 6. The monoisotopic (exact) mass is 404 g/mol. The van der Waals surface area contributed by atoms with Crippen LogP contribution in [0.15, 0.2) is 54.6 Å². The van der Waals surface area contributed by atoms with Crippen molar-refractivity contribution in [3.8, 4) is 6.07 Å². The first-order valence-corrected chi connectivity index (χ1v) is 10.5. The summed E-state index contributed by atoms with van der Waals surface area (Å²) in [5, 5.41) is 14.9. The highest BCUT2D eigenvalue weighted by molar-refractivity contribution is 5.77. The molecule has 1 fully saturated rings. The Hall–Kier alpha value is -3.33. The van der Waals surface area contributed by atoms with Crippen molar-refractivity contribution in [1.29, 1.82) is 5.26 Å². The summed E-state index contributed by atoms with van der Waals surface area (Å²) in [6.07, 6.45) is 3.56. The van der Waals surface area contributed by atoms with Crippen molar-refractivity contribution < 1.29 is 9.59 Å². The molecule has 0 spiro atoms. The number of nitrogens with one attached hydrogen (secondary N) is 2. The van der Waals surface area contributed by atoms with E-state index in [1.165, 1.54) is 0 Å². The summed E-state index contributed by atoms with van der Waals surface area (Å²) < 4.78 is 0. The number of hydrogen-bond acceptors (Lipinski definition) is 3. The molecule has 0 saturated carbocycles. The van der Waals surface area contributed by atoms with Crippen LogP contribution in [0.5, 0.6) is 0 Å². The van der Waals surface area contributed by atoms with E-state index >= 15 is 0 Å². The van der Waals surface area contributed by atoms with Gasteiger partial charge in [0.25, 0.3) is 0 Å². The predicted molar refractivity (Wildman–Crippen MR) is 115 cm³/mol. The Morgan fingerprint density at radius 1 is 1.03 bits per heavy atom. The zero-order valence-electron chi connectivity index (χ0n) is 17.3. The second-order valence-electron chi connectivity index (χ2n) is 7.69. The van der Waals surface area contributed by atoms with Gasteiger partial charge in [-0.2, -0.15) is 5.26 Å². The van der Waals surface area contributed by atoms with E-state index in [-0.39, 0.29) is 24.0 Å². The molecule has 6 nitrogen and oxygen atoms in total. The molecule has 6 heteroatoms. The minimum Gasteiger partial charge on any atom is -0.340 e. The van der Waals surface area contributed by atoms with E-state index in [1.807, 2.05) is 54.3 Å². The van der Waals surface area contributed by atoms with Crippen molar-refractivity contribution in [1.82, 2.24) is 15.5 Å². The molecular formula is C24H28N4O2. The standard InChI is InChI=1S/C24H28N4O2/c1-18(20-13-11-19(16-25)12-14-20)26-24(30)27-22(21-8-4-2-5-9-21)17-28-15-7-3-6-10-23(28)29/h2,4-5,8-9,11-14,18,22H,3,6-7,10,15,17H2,1H3,(H2,26,27,30). The summed E-state index contributed by atoms with van der Waals surface area (Å²) in [5.74, 6) is 0.154. The Morgan fingerprint density at radius 2 is 1.77 bits per heavy atom. The molecular weight excluding hydrogens is 376 g/mol. The smallest absolute Gasteiger partial charge is 0.315 e. The molecule has 2 unspecified atom stereocenters. The maximum atomic E-state index is 12.7. The molecule has 2 aromatic rings. The van der Waals surface area contributed by atoms with E-state index < -0.39 is 0 Å². The third-order valence-electron chi connectivity index (χ3n) is 5.47. The van der Waals surface area contributed by atoms with Crippen molar-refractivity contribution in [2.45, 2.75) is 44.7 Å². The number of likely N-dealkylation sites (tertiary alicyclic amines) is 1. The molecule has 30 heavy (non-hydrogen) atoms. The second kappa shape index (κ2) is 10.4. The van der Waals surface area contributed by atoms with Gasteiger partial charge in [-0.15, -0.1) is 0 Å². The van der Waals surface area contributed by atoms with Crippen LogP contribution in [0.1, 0.15) is 61.4 Å². The van der Waals surface area contributed by atoms with Gasteiger partial charge >= 0.3 is 6.03 Å². The number of hydrogen-bond donors (Lipinski definition) is 2. The molecule has 0 aliphatic carbocycles. The van der Waals surface area contributed by atoms with E-state index in [2.05, 4.69) is 16.7 Å². The fraction of sp³-hybridized carbons (Fsp3) is 0.375. The molecule has 0 radical (unpaired) electrons. The summed E-state index contributed by atoms with van der Waals surface area (Å²) in [4.78, 5) is 27.1. The van der Waals surface area contributed by atoms with Gasteiger partial charge in [-0.05, 0) is 43.0 Å². The van der Waals surface area contributed by atoms with Crippen LogP contribution in [-0.4, -0.2) is 29.9 Å². The van der Waals surface area contributed by atoms with Gasteiger partial charge in [0.1, 0.15) is 0 Å². The lowest BCUT2D eigenvalue weighted by atomic mass is 10.1. The molecule has 0 aromatic heterocycles. The van der Waals surface area contributed by atoms with Crippen LogP contribution in [0.3, 0.4) is 0 Å². The molecule has 1 heterocycles. The van der Waals surface area contributed by atoms with E-state index in [9.17, 15) is 9.59 Å².